The Morgan fingerprint density at radius 2 is 1.86 bits per heavy atom. The summed E-state index contributed by atoms with van der Waals surface area (Å²) >= 11 is 0. The Hall–Kier alpha value is -2.95. The minimum absolute atomic E-state index is 0.181. The molecule has 29 heavy (non-hydrogen) atoms. The van der Waals surface area contributed by atoms with Gasteiger partial charge in [0.15, 0.2) is 0 Å². The van der Waals surface area contributed by atoms with E-state index in [4.69, 9.17) is 0 Å². The summed E-state index contributed by atoms with van der Waals surface area (Å²) in [6, 6.07) is 10.9. The second-order valence-electron chi connectivity index (χ2n) is 7.77. The lowest BCUT2D eigenvalue weighted by Gasteiger charge is -2.13. The van der Waals surface area contributed by atoms with Gasteiger partial charge in [-0.25, -0.2) is 0 Å². The summed E-state index contributed by atoms with van der Waals surface area (Å²) in [6.45, 7) is 4.86. The number of allylic oxidation sites excluding steroid dienone is 1. The van der Waals surface area contributed by atoms with Crippen molar-refractivity contribution in [1.29, 1.82) is 0 Å². The van der Waals surface area contributed by atoms with Crippen molar-refractivity contribution in [3.8, 4) is 0 Å². The second-order valence-corrected chi connectivity index (χ2v) is 7.77. The third-order valence-electron chi connectivity index (χ3n) is 5.21. The molecule has 0 unspecified atom stereocenters. The van der Waals surface area contributed by atoms with Crippen LogP contribution in [-0.4, -0.2) is 23.3 Å². The average molecular weight is 392 g/mol. The molecule has 0 radical (unpaired) electrons. The van der Waals surface area contributed by atoms with E-state index in [1.807, 2.05) is 24.3 Å². The smallest absolute Gasteiger partial charge is 0.274 e. The van der Waals surface area contributed by atoms with E-state index in [-0.39, 0.29) is 17.5 Å². The first-order valence-electron chi connectivity index (χ1n) is 10.4. The molecule has 1 aromatic carbocycles. The largest absolute Gasteiger partial charge is 0.352 e. The summed E-state index contributed by atoms with van der Waals surface area (Å²) in [5.41, 5.74) is 4.01. The van der Waals surface area contributed by atoms with E-state index < -0.39 is 0 Å². The van der Waals surface area contributed by atoms with Gasteiger partial charge in [0.2, 0.25) is 0 Å². The molecule has 5 heteroatoms. The molecule has 0 spiro atoms. The van der Waals surface area contributed by atoms with E-state index >= 15 is 0 Å². The first-order valence-corrected chi connectivity index (χ1v) is 10.4. The number of rotatable bonds is 7. The third-order valence-corrected chi connectivity index (χ3v) is 5.21. The number of anilines is 1. The van der Waals surface area contributed by atoms with Crippen molar-refractivity contribution < 1.29 is 9.59 Å². The Balaban J connectivity index is 1.56. The van der Waals surface area contributed by atoms with Crippen molar-refractivity contribution in [3.63, 3.8) is 0 Å². The molecule has 0 bridgehead atoms. The van der Waals surface area contributed by atoms with Gasteiger partial charge in [-0.05, 0) is 67.9 Å². The molecule has 1 aromatic heterocycles. The van der Waals surface area contributed by atoms with Crippen molar-refractivity contribution in [1.82, 2.24) is 10.3 Å². The highest BCUT2D eigenvalue weighted by atomic mass is 16.2. The number of benzene rings is 1. The van der Waals surface area contributed by atoms with Crippen molar-refractivity contribution in [2.45, 2.75) is 51.9 Å². The minimum Gasteiger partial charge on any atom is -0.352 e. The zero-order chi connectivity index (χ0) is 20.6. The number of nitrogens with one attached hydrogen (secondary N) is 2. The minimum atomic E-state index is -0.329. The van der Waals surface area contributed by atoms with Crippen LogP contribution in [0.2, 0.25) is 0 Å². The summed E-state index contributed by atoms with van der Waals surface area (Å²) < 4.78 is 0. The van der Waals surface area contributed by atoms with E-state index in [0.29, 0.717) is 23.7 Å². The summed E-state index contributed by atoms with van der Waals surface area (Å²) in [7, 11) is 0. The van der Waals surface area contributed by atoms with Gasteiger partial charge in [0.25, 0.3) is 11.8 Å². The summed E-state index contributed by atoms with van der Waals surface area (Å²) in [4.78, 5) is 29.1. The zero-order valence-corrected chi connectivity index (χ0v) is 17.2. The molecular formula is C24H29N3O2. The highest BCUT2D eigenvalue weighted by molar-refractivity contribution is 6.04. The van der Waals surface area contributed by atoms with Crippen molar-refractivity contribution >= 4 is 17.5 Å². The molecule has 152 valence electrons. The molecule has 2 amide bonds. The van der Waals surface area contributed by atoms with Crippen LogP contribution in [0.5, 0.6) is 0 Å². The van der Waals surface area contributed by atoms with E-state index in [0.717, 1.165) is 19.3 Å². The summed E-state index contributed by atoms with van der Waals surface area (Å²) in [5.74, 6) is -0.0746. The van der Waals surface area contributed by atoms with Crippen molar-refractivity contribution in [3.05, 3.63) is 71.1 Å². The van der Waals surface area contributed by atoms with Gasteiger partial charge >= 0.3 is 0 Å². The molecule has 0 saturated heterocycles. The van der Waals surface area contributed by atoms with Gasteiger partial charge in [0.1, 0.15) is 5.69 Å². The number of carbonyl (C=O) groups is 2. The van der Waals surface area contributed by atoms with Gasteiger partial charge in [-0.2, -0.15) is 0 Å². The van der Waals surface area contributed by atoms with Gasteiger partial charge < -0.3 is 10.6 Å². The van der Waals surface area contributed by atoms with Crippen LogP contribution >= 0.6 is 0 Å². The molecule has 0 saturated carbocycles. The maximum atomic E-state index is 12.5. The SMILES string of the molecule is CC(C)c1ccc(NC(=O)c2cc(C(=O)NCCC3=CCCCC3)ccn2)cc1. The first kappa shape index (κ1) is 20.8. The van der Waals surface area contributed by atoms with Crippen LogP contribution in [0.4, 0.5) is 5.69 Å². The van der Waals surface area contributed by atoms with E-state index in [9.17, 15) is 9.59 Å². The van der Waals surface area contributed by atoms with Gasteiger partial charge in [0, 0.05) is 24.0 Å². The van der Waals surface area contributed by atoms with Crippen LogP contribution in [0.3, 0.4) is 0 Å². The number of nitrogens with zero attached hydrogens (tertiary/aromatic N) is 1. The van der Waals surface area contributed by atoms with Crippen molar-refractivity contribution in [2.75, 3.05) is 11.9 Å². The fourth-order valence-electron chi connectivity index (χ4n) is 3.41. The van der Waals surface area contributed by atoms with Crippen LogP contribution in [0.1, 0.15) is 78.3 Å². The quantitative estimate of drug-likeness (QED) is 0.647. The predicted molar refractivity (Wildman–Crippen MR) is 116 cm³/mol. The Morgan fingerprint density at radius 3 is 2.55 bits per heavy atom. The predicted octanol–water partition coefficient (Wildman–Crippen LogP) is 5.08. The van der Waals surface area contributed by atoms with Crippen LogP contribution in [0.25, 0.3) is 0 Å². The van der Waals surface area contributed by atoms with E-state index in [1.54, 1.807) is 6.07 Å². The van der Waals surface area contributed by atoms with Crippen molar-refractivity contribution in [2.24, 2.45) is 0 Å². The fourth-order valence-corrected chi connectivity index (χ4v) is 3.41. The third kappa shape index (κ3) is 6.01. The molecule has 0 fully saturated rings. The molecule has 2 N–H and O–H groups in total. The summed E-state index contributed by atoms with van der Waals surface area (Å²) in [5, 5.41) is 5.78. The summed E-state index contributed by atoms with van der Waals surface area (Å²) in [6.07, 6.45) is 9.45. The average Bonchev–Trinajstić information content (AvgIpc) is 2.75. The molecule has 2 aromatic rings. The monoisotopic (exact) mass is 391 g/mol. The Kier molecular flexibility index (Phi) is 7.17. The second kappa shape index (κ2) is 10.0. The number of aromatic nitrogens is 1. The number of hydrogen-bond acceptors (Lipinski definition) is 3. The van der Waals surface area contributed by atoms with Gasteiger partial charge in [-0.15, -0.1) is 0 Å². The highest BCUT2D eigenvalue weighted by Gasteiger charge is 2.13. The van der Waals surface area contributed by atoms with Crippen LogP contribution in [0, 0.1) is 0 Å². The molecular weight excluding hydrogens is 362 g/mol. The van der Waals surface area contributed by atoms with Gasteiger partial charge in [-0.1, -0.05) is 37.6 Å². The fraction of sp³-hybridized carbons (Fsp3) is 0.375. The van der Waals surface area contributed by atoms with E-state index in [1.165, 1.54) is 36.2 Å². The zero-order valence-electron chi connectivity index (χ0n) is 17.2. The normalized spacial score (nSPS) is 13.7. The van der Waals surface area contributed by atoms with E-state index in [2.05, 4.69) is 35.5 Å². The Labute approximate surface area is 172 Å². The van der Waals surface area contributed by atoms with Gasteiger partial charge in [0.05, 0.1) is 0 Å². The number of carbonyl (C=O) groups excluding carboxylic acids is 2. The molecule has 5 nitrogen and oxygen atoms in total. The Morgan fingerprint density at radius 1 is 1.07 bits per heavy atom. The highest BCUT2D eigenvalue weighted by Crippen LogP contribution is 2.20. The number of hydrogen-bond donors (Lipinski definition) is 2. The maximum Gasteiger partial charge on any atom is 0.274 e. The molecule has 0 aliphatic heterocycles. The Bertz CT molecular complexity index is 885. The van der Waals surface area contributed by atoms with Crippen LogP contribution in [-0.2, 0) is 0 Å². The number of pyridine rings is 1. The van der Waals surface area contributed by atoms with Gasteiger partial charge in [-0.3, -0.25) is 14.6 Å². The molecule has 3 rings (SSSR count). The lowest BCUT2D eigenvalue weighted by molar-refractivity contribution is 0.0954. The standard InChI is InChI=1S/C24H29N3O2/c1-17(2)19-8-10-21(11-9-19)27-24(29)22-16-20(13-15-25-22)23(28)26-14-12-18-6-4-3-5-7-18/h6,8-11,13,15-17H,3-5,7,12,14H2,1-2H3,(H,26,28)(H,27,29). The topological polar surface area (TPSA) is 71.1 Å². The molecule has 0 atom stereocenters. The van der Waals surface area contributed by atoms with Crippen LogP contribution in [0.15, 0.2) is 54.2 Å². The maximum absolute atomic E-state index is 12.5. The first-order chi connectivity index (χ1) is 14.0. The lowest BCUT2D eigenvalue weighted by atomic mass is 9.97. The van der Waals surface area contributed by atoms with Crippen LogP contribution < -0.4 is 10.6 Å². The number of amides is 2. The molecule has 1 aliphatic carbocycles. The lowest BCUT2D eigenvalue weighted by Crippen LogP contribution is -2.25. The molecule has 1 aliphatic rings. The molecule has 1 heterocycles.